The van der Waals surface area contributed by atoms with Gasteiger partial charge in [0.1, 0.15) is 0 Å². The smallest absolute Gasteiger partial charge is 0.0605 e. The molecule has 0 aliphatic heterocycles. The first kappa shape index (κ1) is 25.0. The van der Waals surface area contributed by atoms with Crippen LogP contribution >= 0.6 is 0 Å². The third kappa shape index (κ3) is 12.2. The Hall–Kier alpha value is -0.0800. The summed E-state index contributed by atoms with van der Waals surface area (Å²) in [5.41, 5.74) is 0. The van der Waals surface area contributed by atoms with Crippen molar-refractivity contribution in [3.05, 3.63) is 0 Å². The lowest BCUT2D eigenvalue weighted by molar-refractivity contribution is -0.0491. The molecule has 0 heterocycles. The van der Waals surface area contributed by atoms with Crippen LogP contribution in [0.15, 0.2) is 0 Å². The van der Waals surface area contributed by atoms with E-state index in [0.717, 1.165) is 24.5 Å². The summed E-state index contributed by atoms with van der Waals surface area (Å²) < 4.78 is 6.12. The van der Waals surface area contributed by atoms with Crippen LogP contribution in [-0.4, -0.2) is 37.2 Å². The number of ether oxygens (including phenoxy) is 1. The molecule has 162 valence electrons. The maximum Gasteiger partial charge on any atom is 0.0605 e. The van der Waals surface area contributed by atoms with Gasteiger partial charge in [-0.15, -0.1) is 0 Å². The molecule has 2 atom stereocenters. The van der Waals surface area contributed by atoms with E-state index in [1.807, 2.05) is 0 Å². The van der Waals surface area contributed by atoms with E-state index in [1.165, 1.54) is 96.4 Å². The standard InChI is InChI=1S/C25H51NO/c1-6-8-10-12-15-22(3)17-14-18-27-25-19-24(20-25)26(5)21-23(4)16-13-11-9-7-2/h22-25H,6-21H2,1-5H3/t22?,23?,24-,25-. The Morgan fingerprint density at radius 3 is 1.93 bits per heavy atom. The molecule has 0 bridgehead atoms. The Bertz CT molecular complexity index is 326. The van der Waals surface area contributed by atoms with Gasteiger partial charge < -0.3 is 9.64 Å². The van der Waals surface area contributed by atoms with Crippen molar-refractivity contribution in [3.63, 3.8) is 0 Å². The molecule has 1 aliphatic carbocycles. The molecule has 0 amide bonds. The zero-order chi connectivity index (χ0) is 19.9. The molecule has 27 heavy (non-hydrogen) atoms. The van der Waals surface area contributed by atoms with E-state index in [1.54, 1.807) is 0 Å². The molecule has 0 N–H and O–H groups in total. The van der Waals surface area contributed by atoms with Gasteiger partial charge in [-0.3, -0.25) is 0 Å². The Balaban J connectivity index is 1.96. The van der Waals surface area contributed by atoms with E-state index in [0.29, 0.717) is 6.10 Å². The van der Waals surface area contributed by atoms with E-state index in [9.17, 15) is 0 Å². The number of hydrogen-bond donors (Lipinski definition) is 0. The Morgan fingerprint density at radius 2 is 1.33 bits per heavy atom. The van der Waals surface area contributed by atoms with Gasteiger partial charge in [0.05, 0.1) is 6.10 Å². The molecule has 0 aromatic rings. The number of nitrogens with zero attached hydrogens (tertiary/aromatic N) is 1. The highest BCUT2D eigenvalue weighted by molar-refractivity contribution is 4.87. The van der Waals surface area contributed by atoms with Crippen LogP contribution in [0.25, 0.3) is 0 Å². The average molecular weight is 382 g/mol. The topological polar surface area (TPSA) is 12.5 Å². The molecule has 0 spiro atoms. The van der Waals surface area contributed by atoms with Crippen LogP contribution in [0.2, 0.25) is 0 Å². The molecule has 1 fully saturated rings. The van der Waals surface area contributed by atoms with Crippen molar-refractivity contribution in [2.45, 2.75) is 130 Å². The van der Waals surface area contributed by atoms with Crippen LogP contribution in [0.1, 0.15) is 118 Å². The molecule has 1 rings (SSSR count). The van der Waals surface area contributed by atoms with Crippen molar-refractivity contribution in [2.24, 2.45) is 11.8 Å². The van der Waals surface area contributed by atoms with Gasteiger partial charge >= 0.3 is 0 Å². The lowest BCUT2D eigenvalue weighted by atomic mass is 9.87. The van der Waals surface area contributed by atoms with E-state index in [2.05, 4.69) is 39.6 Å². The molecule has 1 saturated carbocycles. The Kier molecular flexibility index (Phi) is 14.6. The summed E-state index contributed by atoms with van der Waals surface area (Å²) in [5, 5.41) is 0. The van der Waals surface area contributed by atoms with Crippen LogP contribution in [0, 0.1) is 11.8 Å². The Morgan fingerprint density at radius 1 is 0.778 bits per heavy atom. The minimum atomic E-state index is 0.539. The maximum atomic E-state index is 6.12. The second kappa shape index (κ2) is 15.8. The molecule has 2 unspecified atom stereocenters. The summed E-state index contributed by atoms with van der Waals surface area (Å²) >= 11 is 0. The summed E-state index contributed by atoms with van der Waals surface area (Å²) in [6.45, 7) is 11.7. The van der Waals surface area contributed by atoms with E-state index in [4.69, 9.17) is 4.74 Å². The minimum absolute atomic E-state index is 0.539. The fraction of sp³-hybridized carbons (Fsp3) is 1.00. The van der Waals surface area contributed by atoms with E-state index < -0.39 is 0 Å². The molecule has 2 heteroatoms. The molecule has 0 aromatic carbocycles. The zero-order valence-electron chi connectivity index (χ0n) is 19.5. The lowest BCUT2D eigenvalue weighted by Gasteiger charge is -2.42. The van der Waals surface area contributed by atoms with E-state index in [-0.39, 0.29) is 0 Å². The summed E-state index contributed by atoms with van der Waals surface area (Å²) in [4.78, 5) is 2.60. The normalized spacial score (nSPS) is 22.0. The van der Waals surface area contributed by atoms with Gasteiger partial charge in [-0.05, 0) is 51.0 Å². The Labute approximate surface area is 171 Å². The van der Waals surface area contributed by atoms with Crippen molar-refractivity contribution >= 4 is 0 Å². The second-order valence-electron chi connectivity index (χ2n) is 9.61. The third-order valence-corrected chi connectivity index (χ3v) is 6.59. The number of unbranched alkanes of at least 4 members (excludes halogenated alkanes) is 6. The van der Waals surface area contributed by atoms with Crippen LogP contribution < -0.4 is 0 Å². The first-order valence-corrected chi connectivity index (χ1v) is 12.4. The summed E-state index contributed by atoms with van der Waals surface area (Å²) in [6, 6.07) is 0.769. The van der Waals surface area contributed by atoms with Crippen molar-refractivity contribution in [3.8, 4) is 0 Å². The number of hydrogen-bond acceptors (Lipinski definition) is 2. The summed E-state index contributed by atoms with van der Waals surface area (Å²) in [6.07, 6.45) is 19.6. The van der Waals surface area contributed by atoms with Crippen LogP contribution in [0.4, 0.5) is 0 Å². The van der Waals surface area contributed by atoms with Crippen molar-refractivity contribution in [1.29, 1.82) is 0 Å². The van der Waals surface area contributed by atoms with Crippen LogP contribution in [0.3, 0.4) is 0 Å². The quantitative estimate of drug-likeness (QED) is 0.228. The predicted molar refractivity (Wildman–Crippen MR) is 120 cm³/mol. The van der Waals surface area contributed by atoms with Gasteiger partial charge in [0.2, 0.25) is 0 Å². The molecule has 2 nitrogen and oxygen atoms in total. The first-order chi connectivity index (χ1) is 13.1. The van der Waals surface area contributed by atoms with Gasteiger partial charge in [-0.2, -0.15) is 0 Å². The van der Waals surface area contributed by atoms with Gasteiger partial charge in [-0.25, -0.2) is 0 Å². The van der Waals surface area contributed by atoms with Crippen molar-refractivity contribution in [2.75, 3.05) is 20.2 Å². The third-order valence-electron chi connectivity index (χ3n) is 6.59. The van der Waals surface area contributed by atoms with Crippen LogP contribution in [-0.2, 0) is 4.74 Å². The monoisotopic (exact) mass is 381 g/mol. The van der Waals surface area contributed by atoms with Crippen molar-refractivity contribution < 1.29 is 4.74 Å². The van der Waals surface area contributed by atoms with Gasteiger partial charge in [-0.1, -0.05) is 85.5 Å². The first-order valence-electron chi connectivity index (χ1n) is 12.4. The maximum absolute atomic E-state index is 6.12. The van der Waals surface area contributed by atoms with Gasteiger partial charge in [0.25, 0.3) is 0 Å². The average Bonchev–Trinajstić information content (AvgIpc) is 2.60. The highest BCUT2D eigenvalue weighted by atomic mass is 16.5. The highest BCUT2D eigenvalue weighted by Gasteiger charge is 2.32. The molecular weight excluding hydrogens is 330 g/mol. The van der Waals surface area contributed by atoms with Gasteiger partial charge in [0, 0.05) is 19.2 Å². The summed E-state index contributed by atoms with van der Waals surface area (Å²) in [5.74, 6) is 1.72. The minimum Gasteiger partial charge on any atom is -0.378 e. The SMILES string of the molecule is CCCCCCC(C)CCCO[C@H]1C[C@H](N(C)CC(C)CCCCCC)C1. The predicted octanol–water partition coefficient (Wildman–Crippen LogP) is 7.46. The molecular formula is C25H51NO. The molecule has 1 aliphatic rings. The van der Waals surface area contributed by atoms with Crippen LogP contribution in [0.5, 0.6) is 0 Å². The zero-order valence-corrected chi connectivity index (χ0v) is 19.5. The fourth-order valence-electron chi connectivity index (χ4n) is 4.43. The lowest BCUT2D eigenvalue weighted by Crippen LogP contribution is -2.47. The fourth-order valence-corrected chi connectivity index (χ4v) is 4.43. The largest absolute Gasteiger partial charge is 0.378 e. The second-order valence-corrected chi connectivity index (χ2v) is 9.61. The molecule has 0 radical (unpaired) electrons. The highest BCUT2D eigenvalue weighted by Crippen LogP contribution is 2.29. The molecule has 0 aromatic heterocycles. The molecule has 0 saturated heterocycles. The van der Waals surface area contributed by atoms with E-state index >= 15 is 0 Å². The number of rotatable bonds is 18. The summed E-state index contributed by atoms with van der Waals surface area (Å²) in [7, 11) is 2.32. The van der Waals surface area contributed by atoms with Gasteiger partial charge in [0.15, 0.2) is 0 Å². The van der Waals surface area contributed by atoms with Crippen molar-refractivity contribution in [1.82, 2.24) is 4.90 Å².